The smallest absolute Gasteiger partial charge is 0.309 e. The molecule has 2 N–H and O–H groups in total. The second kappa shape index (κ2) is 8.45. The van der Waals surface area contributed by atoms with Gasteiger partial charge in [-0.05, 0) is 57.8 Å². The van der Waals surface area contributed by atoms with E-state index in [1.807, 2.05) is 27.7 Å². The predicted octanol–water partition coefficient (Wildman–Crippen LogP) is 2.44. The molecule has 0 radical (unpaired) electrons. The van der Waals surface area contributed by atoms with E-state index in [-0.39, 0.29) is 67.1 Å². The summed E-state index contributed by atoms with van der Waals surface area (Å²) in [5.74, 6) is -2.22. The molecule has 0 aromatic rings. The zero-order valence-electron chi connectivity index (χ0n) is 24.9. The number of carbonyl (C=O) groups is 3. The van der Waals surface area contributed by atoms with Gasteiger partial charge in [-0.1, -0.05) is 20.8 Å². The Morgan fingerprint density at radius 2 is 1.78 bits per heavy atom. The lowest BCUT2D eigenvalue weighted by Crippen LogP contribution is -2.68. The monoisotopic (exact) mass is 576 g/mol. The second-order valence-electron chi connectivity index (χ2n) is 15.1. The number of aliphatic hydroxyl groups excluding tert-OH is 1. The molecule has 4 heterocycles. The van der Waals surface area contributed by atoms with Gasteiger partial charge in [-0.3, -0.25) is 14.4 Å². The summed E-state index contributed by atoms with van der Waals surface area (Å²) in [6.45, 7) is 11.3. The molecule has 4 aliphatic heterocycles. The Balaban J connectivity index is 1.33. The molecule has 0 bridgehead atoms. The Hall–Kier alpha value is -1.75. The Bertz CT molecular complexity index is 1190. The van der Waals surface area contributed by atoms with Crippen molar-refractivity contribution in [3.05, 3.63) is 0 Å². The largest absolute Gasteiger partial charge is 0.462 e. The van der Waals surface area contributed by atoms with Gasteiger partial charge in [-0.15, -0.1) is 0 Å². The normalized spacial score (nSPS) is 56.6. The van der Waals surface area contributed by atoms with Crippen LogP contribution in [-0.4, -0.2) is 81.0 Å². The first-order valence-corrected chi connectivity index (χ1v) is 15.4. The lowest BCUT2D eigenvalue weighted by molar-refractivity contribution is -0.271. The van der Waals surface area contributed by atoms with Crippen LogP contribution in [0.3, 0.4) is 0 Å². The van der Waals surface area contributed by atoms with Crippen LogP contribution in [0.25, 0.3) is 0 Å². The molecule has 3 saturated carbocycles. The minimum Gasteiger partial charge on any atom is -0.462 e. The van der Waals surface area contributed by atoms with E-state index in [0.717, 1.165) is 0 Å². The summed E-state index contributed by atoms with van der Waals surface area (Å²) in [5.41, 5.74) is -4.89. The van der Waals surface area contributed by atoms with Gasteiger partial charge in [0.05, 0.1) is 41.3 Å². The maximum absolute atomic E-state index is 12.7. The number of hydrogen-bond donors (Lipinski definition) is 2. The van der Waals surface area contributed by atoms with Crippen molar-refractivity contribution >= 4 is 17.9 Å². The molecule has 4 saturated heterocycles. The van der Waals surface area contributed by atoms with Crippen molar-refractivity contribution in [3.63, 3.8) is 0 Å². The molecule has 0 aromatic heterocycles. The number of fused-ring (bicyclic) bond motifs is 2. The van der Waals surface area contributed by atoms with E-state index < -0.39 is 58.0 Å². The summed E-state index contributed by atoms with van der Waals surface area (Å²) in [6, 6.07) is 0. The third-order valence-corrected chi connectivity index (χ3v) is 12.8. The van der Waals surface area contributed by atoms with Crippen LogP contribution in [0.5, 0.6) is 0 Å². The number of cyclic esters (lactones) is 1. The Kier molecular flexibility index (Phi) is 5.78. The van der Waals surface area contributed by atoms with Crippen LogP contribution in [-0.2, 0) is 38.1 Å². The molecule has 0 aromatic carbocycles. The van der Waals surface area contributed by atoms with Crippen molar-refractivity contribution in [2.75, 3.05) is 0 Å². The number of esters is 3. The van der Waals surface area contributed by atoms with Gasteiger partial charge < -0.3 is 33.9 Å². The SMILES string of the molecule is CC(=O)OC1CC2C(C)C(C3CC(C)C(=O)O3)OC23CCC2(O)CC45OC(=O)CC4OC(C)(C)C5CC(O)C2C13C. The molecule has 10 heteroatoms. The van der Waals surface area contributed by atoms with Gasteiger partial charge in [0, 0.05) is 30.6 Å². The summed E-state index contributed by atoms with van der Waals surface area (Å²) in [6.07, 6.45) is -0.318. The van der Waals surface area contributed by atoms with Crippen LogP contribution in [0, 0.1) is 35.0 Å². The highest BCUT2D eigenvalue weighted by Crippen LogP contribution is 2.73. The first-order chi connectivity index (χ1) is 19.1. The molecule has 2 spiro atoms. The zero-order chi connectivity index (χ0) is 29.5. The zero-order valence-corrected chi connectivity index (χ0v) is 24.9. The number of carbonyl (C=O) groups excluding carboxylic acids is 3. The summed E-state index contributed by atoms with van der Waals surface area (Å²) in [5, 5.41) is 24.9. The fraction of sp³-hybridized carbons (Fsp3) is 0.903. The van der Waals surface area contributed by atoms with Gasteiger partial charge in [0.25, 0.3) is 0 Å². The third kappa shape index (κ3) is 3.42. The van der Waals surface area contributed by atoms with E-state index in [4.69, 9.17) is 23.7 Å². The van der Waals surface area contributed by atoms with Gasteiger partial charge in [-0.25, -0.2) is 0 Å². The predicted molar refractivity (Wildman–Crippen MR) is 141 cm³/mol. The van der Waals surface area contributed by atoms with E-state index in [2.05, 4.69) is 6.92 Å². The Morgan fingerprint density at radius 1 is 1.05 bits per heavy atom. The molecule has 7 rings (SSSR count). The summed E-state index contributed by atoms with van der Waals surface area (Å²) < 4.78 is 31.4. The lowest BCUT2D eigenvalue weighted by Gasteiger charge is -2.60. The van der Waals surface area contributed by atoms with Gasteiger partial charge in [0.15, 0.2) is 0 Å². The van der Waals surface area contributed by atoms with Crippen molar-refractivity contribution in [2.24, 2.45) is 35.0 Å². The highest BCUT2D eigenvalue weighted by molar-refractivity contribution is 5.74. The van der Waals surface area contributed by atoms with E-state index in [9.17, 15) is 24.6 Å². The average molecular weight is 577 g/mol. The third-order valence-electron chi connectivity index (χ3n) is 12.8. The molecule has 7 aliphatic rings. The fourth-order valence-corrected chi connectivity index (χ4v) is 11.3. The summed E-state index contributed by atoms with van der Waals surface area (Å²) >= 11 is 0. The van der Waals surface area contributed by atoms with Gasteiger partial charge in [0.2, 0.25) is 0 Å². The molecule has 14 unspecified atom stereocenters. The van der Waals surface area contributed by atoms with E-state index in [0.29, 0.717) is 25.7 Å². The van der Waals surface area contributed by atoms with Crippen LogP contribution in [0.4, 0.5) is 0 Å². The van der Waals surface area contributed by atoms with E-state index in [1.54, 1.807) is 0 Å². The molecule has 3 aliphatic carbocycles. The average Bonchev–Trinajstić information content (AvgIpc) is 3.53. The highest BCUT2D eigenvalue weighted by atomic mass is 16.6. The molecule has 7 fully saturated rings. The van der Waals surface area contributed by atoms with Crippen molar-refractivity contribution in [3.8, 4) is 0 Å². The van der Waals surface area contributed by atoms with Gasteiger partial charge in [-0.2, -0.15) is 0 Å². The maximum Gasteiger partial charge on any atom is 0.309 e. The van der Waals surface area contributed by atoms with Crippen LogP contribution in [0.15, 0.2) is 0 Å². The first kappa shape index (κ1) is 28.0. The molecular formula is C31H44O10. The fourth-order valence-electron chi connectivity index (χ4n) is 11.3. The molecule has 0 amide bonds. The van der Waals surface area contributed by atoms with Gasteiger partial charge >= 0.3 is 17.9 Å². The Labute approximate surface area is 240 Å². The highest BCUT2D eigenvalue weighted by Gasteiger charge is 2.81. The summed E-state index contributed by atoms with van der Waals surface area (Å²) in [4.78, 5) is 37.4. The minimum atomic E-state index is -1.42. The van der Waals surface area contributed by atoms with Crippen LogP contribution < -0.4 is 0 Å². The van der Waals surface area contributed by atoms with E-state index in [1.165, 1.54) is 6.92 Å². The number of rotatable bonds is 2. The summed E-state index contributed by atoms with van der Waals surface area (Å²) in [7, 11) is 0. The van der Waals surface area contributed by atoms with Gasteiger partial charge in [0.1, 0.15) is 23.9 Å². The van der Waals surface area contributed by atoms with Crippen molar-refractivity contribution < 1.29 is 48.3 Å². The minimum absolute atomic E-state index is 0.0116. The number of hydrogen-bond acceptors (Lipinski definition) is 10. The molecule has 228 valence electrons. The van der Waals surface area contributed by atoms with Crippen LogP contribution in [0.2, 0.25) is 0 Å². The van der Waals surface area contributed by atoms with Crippen LogP contribution in [0.1, 0.15) is 86.5 Å². The molecule has 41 heavy (non-hydrogen) atoms. The first-order valence-electron chi connectivity index (χ1n) is 15.4. The standard InChI is InChI=1S/C31H44O10/c1-14-9-19(38-26(14)35)24-15(2)17-10-21(37-16(3)32)28(6)25-18(33)11-20-27(4,5)39-22-12-23(34)40-30(20,22)13-29(25,36)7-8-31(17,28)41-24/h14-15,17-22,24-25,33,36H,7-13H2,1-6H3. The quantitative estimate of drug-likeness (QED) is 0.372. The molecule has 14 atom stereocenters. The van der Waals surface area contributed by atoms with Crippen molar-refractivity contribution in [1.29, 1.82) is 0 Å². The Morgan fingerprint density at radius 3 is 2.44 bits per heavy atom. The number of aliphatic hydroxyl groups is 2. The molecular weight excluding hydrogens is 532 g/mol. The van der Waals surface area contributed by atoms with Crippen molar-refractivity contribution in [2.45, 2.75) is 139 Å². The lowest BCUT2D eigenvalue weighted by atomic mass is 9.50. The maximum atomic E-state index is 12.7. The number of ether oxygens (including phenoxy) is 5. The topological polar surface area (TPSA) is 138 Å². The van der Waals surface area contributed by atoms with Crippen molar-refractivity contribution in [1.82, 2.24) is 0 Å². The molecule has 10 nitrogen and oxygen atoms in total. The van der Waals surface area contributed by atoms with E-state index >= 15 is 0 Å². The van der Waals surface area contributed by atoms with Crippen LogP contribution >= 0.6 is 0 Å². The second-order valence-corrected chi connectivity index (χ2v) is 15.1.